The van der Waals surface area contributed by atoms with E-state index < -0.39 is 6.43 Å². The minimum atomic E-state index is -2.63. The molecule has 2 aromatic rings. The number of alkyl halides is 2. The molecule has 1 fully saturated rings. The fourth-order valence-electron chi connectivity index (χ4n) is 1.59. The summed E-state index contributed by atoms with van der Waals surface area (Å²) in [7, 11) is 1.51. The van der Waals surface area contributed by atoms with Gasteiger partial charge in [-0.25, -0.2) is 8.78 Å². The van der Waals surface area contributed by atoms with Crippen LogP contribution >= 0.6 is 11.8 Å². The monoisotopic (exact) mass is 287 g/mol. The van der Waals surface area contributed by atoms with E-state index in [1.807, 2.05) is 0 Å². The van der Waals surface area contributed by atoms with Crippen molar-refractivity contribution in [1.82, 2.24) is 24.9 Å². The first kappa shape index (κ1) is 12.5. The molecule has 0 unspecified atom stereocenters. The van der Waals surface area contributed by atoms with E-state index in [4.69, 9.17) is 4.52 Å². The number of thioether (sulfide) groups is 1. The molecule has 0 N–H and O–H groups in total. The smallest absolute Gasteiger partial charge is 0.297 e. The van der Waals surface area contributed by atoms with Crippen molar-refractivity contribution in [3.05, 3.63) is 17.5 Å². The fraction of sp³-hybridized carbons (Fsp3) is 0.600. The molecule has 2 heterocycles. The molecule has 1 saturated carbocycles. The predicted molar refractivity (Wildman–Crippen MR) is 61.8 cm³/mol. The Morgan fingerprint density at radius 2 is 2.21 bits per heavy atom. The first-order valence-electron chi connectivity index (χ1n) is 5.78. The Balaban J connectivity index is 1.64. The molecule has 1 aliphatic rings. The zero-order chi connectivity index (χ0) is 13.4. The average Bonchev–Trinajstić information content (AvgIpc) is 3.00. The van der Waals surface area contributed by atoms with Crippen LogP contribution < -0.4 is 0 Å². The van der Waals surface area contributed by atoms with Gasteiger partial charge >= 0.3 is 0 Å². The number of hydrogen-bond acceptors (Lipinski definition) is 6. The Morgan fingerprint density at radius 1 is 1.42 bits per heavy atom. The molecule has 19 heavy (non-hydrogen) atoms. The molecule has 1 aliphatic carbocycles. The third-order valence-corrected chi connectivity index (χ3v) is 3.82. The maximum Gasteiger partial charge on any atom is 0.297 e. The van der Waals surface area contributed by atoms with Gasteiger partial charge in [-0.1, -0.05) is 16.9 Å². The Bertz CT molecular complexity index is 580. The quantitative estimate of drug-likeness (QED) is 0.786. The van der Waals surface area contributed by atoms with Gasteiger partial charge in [0.05, 0.1) is 5.75 Å². The van der Waals surface area contributed by atoms with Crippen LogP contribution in [0, 0.1) is 0 Å². The molecule has 6 nitrogen and oxygen atoms in total. The molecular weight excluding hydrogens is 276 g/mol. The summed E-state index contributed by atoms with van der Waals surface area (Å²) in [6.07, 6.45) is -0.440. The summed E-state index contributed by atoms with van der Waals surface area (Å²) in [5.74, 6) is 1.71. The Kier molecular flexibility index (Phi) is 3.21. The van der Waals surface area contributed by atoms with E-state index in [1.54, 1.807) is 0 Å². The van der Waals surface area contributed by atoms with Gasteiger partial charge in [-0.3, -0.25) is 0 Å². The molecule has 0 amide bonds. The molecule has 0 radical (unpaired) electrons. The van der Waals surface area contributed by atoms with Crippen molar-refractivity contribution in [1.29, 1.82) is 0 Å². The highest BCUT2D eigenvalue weighted by Gasteiger charge is 2.29. The normalized spacial score (nSPS) is 15.4. The van der Waals surface area contributed by atoms with Gasteiger partial charge < -0.3 is 9.09 Å². The van der Waals surface area contributed by atoms with Gasteiger partial charge in [0.1, 0.15) is 0 Å². The van der Waals surface area contributed by atoms with Gasteiger partial charge in [0.15, 0.2) is 11.0 Å². The summed E-state index contributed by atoms with van der Waals surface area (Å²) in [6.45, 7) is 0. The second-order valence-corrected chi connectivity index (χ2v) is 5.25. The summed E-state index contributed by atoms with van der Waals surface area (Å²) >= 11 is 1.25. The highest BCUT2D eigenvalue weighted by Crippen LogP contribution is 2.39. The van der Waals surface area contributed by atoms with Crippen molar-refractivity contribution in [2.24, 2.45) is 7.05 Å². The number of hydrogen-bond donors (Lipinski definition) is 0. The fourth-order valence-corrected chi connectivity index (χ4v) is 2.35. The Labute approximate surface area is 111 Å². The largest absolute Gasteiger partial charge is 0.339 e. The molecule has 0 aliphatic heterocycles. The van der Waals surface area contributed by atoms with Crippen molar-refractivity contribution < 1.29 is 13.3 Å². The molecule has 0 bridgehead atoms. The van der Waals surface area contributed by atoms with Crippen LogP contribution in [0.1, 0.15) is 42.7 Å². The van der Waals surface area contributed by atoms with Gasteiger partial charge in [0.25, 0.3) is 6.43 Å². The predicted octanol–water partition coefficient (Wildman–Crippen LogP) is 2.31. The van der Waals surface area contributed by atoms with Crippen molar-refractivity contribution in [2.75, 3.05) is 0 Å². The molecule has 0 saturated heterocycles. The number of nitrogens with zero attached hydrogens (tertiary/aromatic N) is 5. The molecule has 0 atom stereocenters. The van der Waals surface area contributed by atoms with E-state index in [-0.39, 0.29) is 5.82 Å². The van der Waals surface area contributed by atoms with Crippen LogP contribution in [-0.2, 0) is 12.8 Å². The lowest BCUT2D eigenvalue weighted by Crippen LogP contribution is -1.99. The van der Waals surface area contributed by atoms with Gasteiger partial charge in [-0.2, -0.15) is 4.98 Å². The van der Waals surface area contributed by atoms with Gasteiger partial charge in [0, 0.05) is 13.0 Å². The van der Waals surface area contributed by atoms with E-state index in [2.05, 4.69) is 20.3 Å². The standard InChI is InChI=1S/C10H11F2N5OS/c1-17-8(7(11)12)14-15-10(17)19-4-6-13-9(18-16-6)5-2-3-5/h5,7H,2-4H2,1H3. The van der Waals surface area contributed by atoms with E-state index in [9.17, 15) is 8.78 Å². The van der Waals surface area contributed by atoms with E-state index in [1.165, 1.54) is 23.4 Å². The van der Waals surface area contributed by atoms with Crippen LogP contribution in [0.15, 0.2) is 9.68 Å². The highest BCUT2D eigenvalue weighted by molar-refractivity contribution is 7.98. The van der Waals surface area contributed by atoms with Gasteiger partial charge in [0.2, 0.25) is 11.7 Å². The number of halogens is 2. The lowest BCUT2D eigenvalue weighted by Gasteiger charge is -2.00. The first-order chi connectivity index (χ1) is 9.15. The van der Waals surface area contributed by atoms with Crippen molar-refractivity contribution in [3.63, 3.8) is 0 Å². The molecule has 3 rings (SSSR count). The lowest BCUT2D eigenvalue weighted by molar-refractivity contribution is 0.135. The lowest BCUT2D eigenvalue weighted by atomic mass is 10.4. The van der Waals surface area contributed by atoms with Crippen LogP contribution in [0.2, 0.25) is 0 Å². The van der Waals surface area contributed by atoms with Crippen LogP contribution in [0.5, 0.6) is 0 Å². The first-order valence-corrected chi connectivity index (χ1v) is 6.76. The Hall–Kier alpha value is -1.51. The van der Waals surface area contributed by atoms with E-state index in [0.717, 1.165) is 12.8 Å². The zero-order valence-corrected chi connectivity index (χ0v) is 10.9. The summed E-state index contributed by atoms with van der Waals surface area (Å²) < 4.78 is 31.5. The van der Waals surface area contributed by atoms with E-state index in [0.29, 0.717) is 28.5 Å². The second kappa shape index (κ2) is 4.87. The minimum absolute atomic E-state index is 0.339. The number of aromatic nitrogens is 5. The maximum absolute atomic E-state index is 12.5. The van der Waals surface area contributed by atoms with Crippen LogP contribution in [0.4, 0.5) is 8.78 Å². The second-order valence-electron chi connectivity index (χ2n) is 4.31. The molecule has 2 aromatic heterocycles. The highest BCUT2D eigenvalue weighted by atomic mass is 32.2. The number of rotatable bonds is 5. The molecular formula is C10H11F2N5OS. The third-order valence-electron chi connectivity index (χ3n) is 2.80. The molecule has 102 valence electrons. The van der Waals surface area contributed by atoms with Crippen molar-refractivity contribution in [3.8, 4) is 0 Å². The van der Waals surface area contributed by atoms with Crippen molar-refractivity contribution in [2.45, 2.75) is 36.1 Å². The molecule has 9 heteroatoms. The maximum atomic E-state index is 12.5. The summed E-state index contributed by atoms with van der Waals surface area (Å²) in [5, 5.41) is 11.4. The summed E-state index contributed by atoms with van der Waals surface area (Å²) in [6, 6.07) is 0. The average molecular weight is 287 g/mol. The van der Waals surface area contributed by atoms with Crippen LogP contribution in [0.3, 0.4) is 0 Å². The van der Waals surface area contributed by atoms with Crippen LogP contribution in [-0.4, -0.2) is 24.9 Å². The molecule has 0 spiro atoms. The van der Waals surface area contributed by atoms with Gasteiger partial charge in [-0.05, 0) is 12.8 Å². The summed E-state index contributed by atoms with van der Waals surface area (Å²) in [4.78, 5) is 4.25. The van der Waals surface area contributed by atoms with Crippen molar-refractivity contribution >= 4 is 11.8 Å². The zero-order valence-electron chi connectivity index (χ0n) is 10.1. The minimum Gasteiger partial charge on any atom is -0.339 e. The van der Waals surface area contributed by atoms with E-state index >= 15 is 0 Å². The summed E-state index contributed by atoms with van der Waals surface area (Å²) in [5.41, 5.74) is 0. The topological polar surface area (TPSA) is 69.6 Å². The molecule has 0 aromatic carbocycles. The van der Waals surface area contributed by atoms with Gasteiger partial charge in [-0.15, -0.1) is 10.2 Å². The third kappa shape index (κ3) is 2.60. The SMILES string of the molecule is Cn1c(SCc2noc(C3CC3)n2)nnc1C(F)F. The van der Waals surface area contributed by atoms with Crippen LogP contribution in [0.25, 0.3) is 0 Å². The Morgan fingerprint density at radius 3 is 2.84 bits per heavy atom.